The Hall–Kier alpha value is -3.41. The van der Waals surface area contributed by atoms with Crippen LogP contribution in [0.25, 0.3) is 10.9 Å². The predicted molar refractivity (Wildman–Crippen MR) is 131 cm³/mol. The van der Waals surface area contributed by atoms with E-state index >= 15 is 0 Å². The van der Waals surface area contributed by atoms with Crippen LogP contribution in [0, 0.1) is 17.1 Å². The fourth-order valence-corrected chi connectivity index (χ4v) is 4.45. The number of benzene rings is 2. The molecule has 0 aliphatic carbocycles. The molecular weight excluding hydrogens is 457 g/mol. The zero-order valence-corrected chi connectivity index (χ0v) is 19.8. The van der Waals surface area contributed by atoms with Crippen molar-refractivity contribution in [3.8, 4) is 6.07 Å². The lowest BCUT2D eigenvalue weighted by Crippen LogP contribution is -2.49. The summed E-state index contributed by atoms with van der Waals surface area (Å²) in [5.41, 5.74) is 1.44. The van der Waals surface area contributed by atoms with Gasteiger partial charge in [0.1, 0.15) is 17.4 Å². The summed E-state index contributed by atoms with van der Waals surface area (Å²) in [6.07, 6.45) is 0. The van der Waals surface area contributed by atoms with Gasteiger partial charge in [-0.1, -0.05) is 11.6 Å². The fourth-order valence-electron chi connectivity index (χ4n) is 4.27. The van der Waals surface area contributed by atoms with Crippen LogP contribution in [0.1, 0.15) is 15.9 Å². The molecule has 2 heterocycles. The molecule has 0 atom stereocenters. The predicted octanol–water partition coefficient (Wildman–Crippen LogP) is 3.19. The van der Waals surface area contributed by atoms with Crippen molar-refractivity contribution in [2.75, 3.05) is 51.7 Å². The normalized spacial score (nSPS) is 14.0. The van der Waals surface area contributed by atoms with E-state index in [1.165, 1.54) is 24.3 Å². The molecule has 0 saturated carbocycles. The van der Waals surface area contributed by atoms with Crippen molar-refractivity contribution in [1.29, 1.82) is 5.26 Å². The number of hydrogen-bond acceptors (Lipinski definition) is 5. The first-order valence-electron chi connectivity index (χ1n) is 11.0. The summed E-state index contributed by atoms with van der Waals surface area (Å²) >= 11 is 6.31. The van der Waals surface area contributed by atoms with Gasteiger partial charge in [0.25, 0.3) is 11.5 Å². The van der Waals surface area contributed by atoms with Gasteiger partial charge in [0.2, 0.25) is 0 Å². The molecular formula is C25H25ClFN5O2. The molecule has 0 unspecified atom stereocenters. The van der Waals surface area contributed by atoms with Crippen LogP contribution in [0.5, 0.6) is 0 Å². The number of likely N-dealkylation sites (N-methyl/N-ethyl adjacent to an activating group) is 1. The molecule has 1 aromatic heterocycles. The van der Waals surface area contributed by atoms with Crippen molar-refractivity contribution >= 4 is 34.1 Å². The van der Waals surface area contributed by atoms with Crippen molar-refractivity contribution < 1.29 is 9.18 Å². The van der Waals surface area contributed by atoms with Crippen molar-refractivity contribution in [3.63, 3.8) is 0 Å². The van der Waals surface area contributed by atoms with E-state index in [2.05, 4.69) is 6.07 Å². The van der Waals surface area contributed by atoms with Gasteiger partial charge in [-0.3, -0.25) is 9.59 Å². The molecule has 3 aromatic rings. The van der Waals surface area contributed by atoms with Crippen LogP contribution >= 0.6 is 11.6 Å². The number of aromatic nitrogens is 1. The molecule has 0 radical (unpaired) electrons. The maximum atomic E-state index is 13.3. The number of rotatable bonds is 5. The number of hydrogen-bond donors (Lipinski definition) is 0. The highest BCUT2D eigenvalue weighted by Gasteiger charge is 2.27. The smallest absolute Gasteiger partial charge is 0.271 e. The Morgan fingerprint density at radius 2 is 1.79 bits per heavy atom. The molecule has 1 saturated heterocycles. The van der Waals surface area contributed by atoms with Crippen molar-refractivity contribution in [2.24, 2.45) is 0 Å². The number of anilines is 1. The van der Waals surface area contributed by atoms with E-state index in [9.17, 15) is 19.2 Å². The third-order valence-corrected chi connectivity index (χ3v) is 6.29. The minimum absolute atomic E-state index is 0.0758. The number of amides is 1. The average Bonchev–Trinajstić information content (AvgIpc) is 2.83. The van der Waals surface area contributed by atoms with Crippen LogP contribution in [-0.4, -0.2) is 67.1 Å². The SMILES string of the molecule is CN(C)CCn1c(=O)c(C#N)c(N2CCN(C(=O)c3ccc(F)cc3)CC2)c2cc(Cl)ccc21. The zero-order chi connectivity index (χ0) is 24.4. The van der Waals surface area contributed by atoms with Crippen molar-refractivity contribution in [1.82, 2.24) is 14.4 Å². The summed E-state index contributed by atoms with van der Waals surface area (Å²) in [4.78, 5) is 31.8. The maximum Gasteiger partial charge on any atom is 0.271 e. The minimum Gasteiger partial charge on any atom is -0.366 e. The Kier molecular flexibility index (Phi) is 6.87. The molecule has 1 aliphatic heterocycles. The number of nitriles is 1. The largest absolute Gasteiger partial charge is 0.366 e. The summed E-state index contributed by atoms with van der Waals surface area (Å²) in [6, 6.07) is 12.9. The first-order valence-corrected chi connectivity index (χ1v) is 11.4. The van der Waals surface area contributed by atoms with E-state index in [1.807, 2.05) is 30.0 Å². The quantitative estimate of drug-likeness (QED) is 0.559. The third kappa shape index (κ3) is 4.63. The summed E-state index contributed by atoms with van der Waals surface area (Å²) < 4.78 is 14.8. The second-order valence-electron chi connectivity index (χ2n) is 8.54. The van der Waals surface area contributed by atoms with Gasteiger partial charge in [0.15, 0.2) is 0 Å². The maximum absolute atomic E-state index is 13.3. The fraction of sp³-hybridized carbons (Fsp3) is 0.320. The van der Waals surface area contributed by atoms with E-state index in [1.54, 1.807) is 21.6 Å². The Balaban J connectivity index is 1.68. The second-order valence-corrected chi connectivity index (χ2v) is 8.98. The van der Waals surface area contributed by atoms with Crippen LogP contribution in [0.4, 0.5) is 10.1 Å². The summed E-state index contributed by atoms with van der Waals surface area (Å²) in [5, 5.41) is 11.2. The third-order valence-electron chi connectivity index (χ3n) is 6.06. The highest BCUT2D eigenvalue weighted by Crippen LogP contribution is 2.32. The Labute approximate surface area is 202 Å². The minimum atomic E-state index is -0.392. The van der Waals surface area contributed by atoms with Crippen LogP contribution in [0.2, 0.25) is 5.02 Å². The molecule has 9 heteroatoms. The van der Waals surface area contributed by atoms with Crippen molar-refractivity contribution in [3.05, 3.63) is 74.8 Å². The topological polar surface area (TPSA) is 72.6 Å². The van der Waals surface area contributed by atoms with Gasteiger partial charge in [-0.25, -0.2) is 4.39 Å². The molecule has 0 N–H and O–H groups in total. The van der Waals surface area contributed by atoms with E-state index in [-0.39, 0.29) is 17.0 Å². The van der Waals surface area contributed by atoms with E-state index in [0.29, 0.717) is 55.5 Å². The first kappa shape index (κ1) is 23.7. The molecule has 2 aromatic carbocycles. The second kappa shape index (κ2) is 9.84. The molecule has 1 aliphatic rings. The number of piperazine rings is 1. The van der Waals surface area contributed by atoms with Gasteiger partial charge in [-0.15, -0.1) is 0 Å². The number of fused-ring (bicyclic) bond motifs is 1. The molecule has 7 nitrogen and oxygen atoms in total. The Bertz CT molecular complexity index is 1320. The summed E-state index contributed by atoms with van der Waals surface area (Å²) in [5.74, 6) is -0.566. The van der Waals surface area contributed by atoms with Crippen LogP contribution < -0.4 is 10.5 Å². The summed E-state index contributed by atoms with van der Waals surface area (Å²) in [7, 11) is 3.85. The number of carbonyl (C=O) groups excluding carboxylic acids is 1. The van der Waals surface area contributed by atoms with E-state index < -0.39 is 5.82 Å². The molecule has 4 rings (SSSR count). The number of carbonyl (C=O) groups is 1. The van der Waals surface area contributed by atoms with E-state index in [4.69, 9.17) is 11.6 Å². The van der Waals surface area contributed by atoms with Gasteiger partial charge in [0.05, 0.1) is 11.2 Å². The lowest BCUT2D eigenvalue weighted by molar-refractivity contribution is 0.0747. The molecule has 34 heavy (non-hydrogen) atoms. The van der Waals surface area contributed by atoms with Gasteiger partial charge in [-0.2, -0.15) is 5.26 Å². The van der Waals surface area contributed by atoms with E-state index in [0.717, 1.165) is 10.9 Å². The summed E-state index contributed by atoms with van der Waals surface area (Å²) in [6.45, 7) is 2.80. The standard InChI is InChI=1S/C25H25ClFN5O2/c1-29(2)9-14-32-22-8-5-18(26)15-20(22)23(21(16-28)25(32)34)30-10-12-31(13-11-30)24(33)17-3-6-19(27)7-4-17/h3-8,15H,9-14H2,1-2H3. The Morgan fingerprint density at radius 3 is 2.41 bits per heavy atom. The van der Waals surface area contributed by atoms with Gasteiger partial charge in [0, 0.05) is 55.2 Å². The van der Waals surface area contributed by atoms with Gasteiger partial charge >= 0.3 is 0 Å². The molecule has 0 spiro atoms. The highest BCUT2D eigenvalue weighted by atomic mass is 35.5. The van der Waals surface area contributed by atoms with Crippen LogP contribution in [0.3, 0.4) is 0 Å². The lowest BCUT2D eigenvalue weighted by atomic mass is 10.1. The average molecular weight is 482 g/mol. The monoisotopic (exact) mass is 481 g/mol. The lowest BCUT2D eigenvalue weighted by Gasteiger charge is -2.37. The Morgan fingerprint density at radius 1 is 1.12 bits per heavy atom. The van der Waals surface area contributed by atoms with Crippen LogP contribution in [0.15, 0.2) is 47.3 Å². The molecule has 0 bridgehead atoms. The van der Waals surface area contributed by atoms with Gasteiger partial charge in [-0.05, 0) is 56.6 Å². The molecule has 1 amide bonds. The number of nitrogens with zero attached hydrogens (tertiary/aromatic N) is 5. The molecule has 1 fully saturated rings. The van der Waals surface area contributed by atoms with Crippen molar-refractivity contribution in [2.45, 2.75) is 6.54 Å². The van der Waals surface area contributed by atoms with Gasteiger partial charge < -0.3 is 19.3 Å². The highest BCUT2D eigenvalue weighted by molar-refractivity contribution is 6.31. The zero-order valence-electron chi connectivity index (χ0n) is 19.1. The molecule has 176 valence electrons. The van der Waals surface area contributed by atoms with Crippen LogP contribution in [-0.2, 0) is 6.54 Å². The number of halogens is 2. The number of pyridine rings is 1. The first-order chi connectivity index (χ1) is 16.3.